The lowest BCUT2D eigenvalue weighted by molar-refractivity contribution is -0.124. The van der Waals surface area contributed by atoms with E-state index in [2.05, 4.69) is 10.6 Å². The fourth-order valence-electron chi connectivity index (χ4n) is 1.65. The molecule has 1 heterocycles. The largest absolute Gasteiger partial charge is 0.495 e. The Kier molecular flexibility index (Phi) is 3.19. The Morgan fingerprint density at radius 1 is 1.47 bits per heavy atom. The number of carbonyl (C=O) groups excluding carboxylic acids is 2. The number of benzene rings is 1. The molecule has 1 saturated heterocycles. The molecule has 1 atom stereocenters. The Balaban J connectivity index is 2.20. The van der Waals surface area contributed by atoms with E-state index in [-0.39, 0.29) is 18.2 Å². The maximum Gasteiger partial charge on any atom is 0.249 e. The molecule has 0 bridgehead atoms. The van der Waals surface area contributed by atoms with Gasteiger partial charge in [-0.25, -0.2) is 0 Å². The van der Waals surface area contributed by atoms with Crippen LogP contribution in [-0.2, 0) is 9.59 Å². The summed E-state index contributed by atoms with van der Waals surface area (Å²) in [6, 6.07) is 4.45. The van der Waals surface area contributed by atoms with Gasteiger partial charge in [-0.05, 0) is 18.2 Å². The molecular formula is C11H11ClN2O3. The molecule has 2 rings (SSSR count). The monoisotopic (exact) mass is 254 g/mol. The van der Waals surface area contributed by atoms with Crippen LogP contribution in [0.25, 0.3) is 0 Å². The zero-order valence-corrected chi connectivity index (χ0v) is 9.88. The molecule has 0 spiro atoms. The molecule has 0 aliphatic carbocycles. The molecule has 1 aromatic rings. The zero-order valence-electron chi connectivity index (χ0n) is 9.12. The van der Waals surface area contributed by atoms with E-state index in [1.54, 1.807) is 18.2 Å². The lowest BCUT2D eigenvalue weighted by Crippen LogP contribution is -2.30. The Bertz CT molecular complexity index is 476. The first-order chi connectivity index (χ1) is 8.10. The van der Waals surface area contributed by atoms with Crippen molar-refractivity contribution in [3.8, 4) is 5.75 Å². The number of nitrogens with one attached hydrogen (secondary N) is 2. The van der Waals surface area contributed by atoms with Crippen molar-refractivity contribution in [1.82, 2.24) is 5.32 Å². The van der Waals surface area contributed by atoms with Crippen molar-refractivity contribution in [1.29, 1.82) is 0 Å². The van der Waals surface area contributed by atoms with Crippen molar-refractivity contribution in [3.05, 3.63) is 23.2 Å². The number of methoxy groups -OCH3 is 1. The summed E-state index contributed by atoms with van der Waals surface area (Å²) in [6.07, 6.45) is 0.120. The van der Waals surface area contributed by atoms with Crippen molar-refractivity contribution < 1.29 is 14.3 Å². The second-order valence-corrected chi connectivity index (χ2v) is 4.09. The highest BCUT2D eigenvalue weighted by atomic mass is 35.5. The van der Waals surface area contributed by atoms with Crippen LogP contribution in [-0.4, -0.2) is 25.0 Å². The summed E-state index contributed by atoms with van der Waals surface area (Å²) in [7, 11) is 1.52. The molecule has 2 amide bonds. The van der Waals surface area contributed by atoms with Crippen LogP contribution in [0.4, 0.5) is 5.69 Å². The normalized spacial score (nSPS) is 19.1. The van der Waals surface area contributed by atoms with Gasteiger partial charge >= 0.3 is 0 Å². The topological polar surface area (TPSA) is 67.4 Å². The predicted octanol–water partition coefficient (Wildman–Crippen LogP) is 1.18. The van der Waals surface area contributed by atoms with Gasteiger partial charge in [-0.3, -0.25) is 14.9 Å². The van der Waals surface area contributed by atoms with E-state index >= 15 is 0 Å². The Morgan fingerprint density at radius 3 is 2.82 bits per heavy atom. The third-order valence-electron chi connectivity index (χ3n) is 2.46. The van der Waals surface area contributed by atoms with E-state index in [1.807, 2.05) is 0 Å². The molecule has 6 heteroatoms. The minimum Gasteiger partial charge on any atom is -0.495 e. The number of rotatable bonds is 3. The molecule has 0 saturated carbocycles. The third-order valence-corrected chi connectivity index (χ3v) is 2.69. The Morgan fingerprint density at radius 2 is 2.24 bits per heavy atom. The summed E-state index contributed by atoms with van der Waals surface area (Å²) in [5, 5.41) is 5.69. The standard InChI is InChI=1S/C11H11ClN2O3/c1-17-9-3-2-6(12)4-7(9)13-8-5-10(15)14-11(8)16/h2-4,8,13H,5H2,1H3,(H,14,15,16). The van der Waals surface area contributed by atoms with Crippen LogP contribution >= 0.6 is 11.6 Å². The number of hydrogen-bond donors (Lipinski definition) is 2. The van der Waals surface area contributed by atoms with E-state index in [0.29, 0.717) is 16.5 Å². The number of ether oxygens (including phenoxy) is 1. The number of halogens is 1. The SMILES string of the molecule is COc1ccc(Cl)cc1NC1CC(=O)NC1=O. The van der Waals surface area contributed by atoms with Crippen molar-refractivity contribution in [2.45, 2.75) is 12.5 Å². The van der Waals surface area contributed by atoms with Crippen LogP contribution in [0.3, 0.4) is 0 Å². The first-order valence-electron chi connectivity index (χ1n) is 5.04. The summed E-state index contributed by atoms with van der Waals surface area (Å²) in [5.41, 5.74) is 0.592. The first kappa shape index (κ1) is 11.7. The Labute approximate surface area is 103 Å². The van der Waals surface area contributed by atoms with Crippen LogP contribution in [0.2, 0.25) is 5.02 Å². The van der Waals surface area contributed by atoms with E-state index < -0.39 is 6.04 Å². The molecule has 17 heavy (non-hydrogen) atoms. The van der Waals surface area contributed by atoms with Crippen LogP contribution in [0.1, 0.15) is 6.42 Å². The van der Waals surface area contributed by atoms with Crippen LogP contribution in [0.15, 0.2) is 18.2 Å². The molecule has 1 fully saturated rings. The minimum atomic E-state index is -0.574. The molecule has 1 aromatic carbocycles. The number of carbonyl (C=O) groups is 2. The lowest BCUT2D eigenvalue weighted by Gasteiger charge is -2.14. The fraction of sp³-hybridized carbons (Fsp3) is 0.273. The van der Waals surface area contributed by atoms with Crippen LogP contribution < -0.4 is 15.4 Å². The second kappa shape index (κ2) is 4.63. The first-order valence-corrected chi connectivity index (χ1v) is 5.41. The highest BCUT2D eigenvalue weighted by molar-refractivity contribution is 6.31. The van der Waals surface area contributed by atoms with Crippen molar-refractivity contribution >= 4 is 29.1 Å². The van der Waals surface area contributed by atoms with Gasteiger partial charge in [0.2, 0.25) is 11.8 Å². The summed E-state index contributed by atoms with van der Waals surface area (Å²) in [4.78, 5) is 22.5. The number of amides is 2. The minimum absolute atomic E-state index is 0.120. The van der Waals surface area contributed by atoms with Crippen molar-refractivity contribution in [3.63, 3.8) is 0 Å². The molecule has 2 N–H and O–H groups in total. The number of imide groups is 1. The molecule has 90 valence electrons. The van der Waals surface area contributed by atoms with Gasteiger partial charge < -0.3 is 10.1 Å². The second-order valence-electron chi connectivity index (χ2n) is 3.66. The van der Waals surface area contributed by atoms with Gasteiger partial charge in [0.15, 0.2) is 0 Å². The summed E-state index contributed by atoms with van der Waals surface area (Å²) >= 11 is 5.86. The average molecular weight is 255 g/mol. The van der Waals surface area contributed by atoms with E-state index in [4.69, 9.17) is 16.3 Å². The molecular weight excluding hydrogens is 244 g/mol. The molecule has 1 aliphatic heterocycles. The molecule has 1 unspecified atom stereocenters. The summed E-state index contributed by atoms with van der Waals surface area (Å²) < 4.78 is 5.13. The average Bonchev–Trinajstić information content (AvgIpc) is 2.58. The lowest BCUT2D eigenvalue weighted by atomic mass is 10.2. The fourth-order valence-corrected chi connectivity index (χ4v) is 1.82. The van der Waals surface area contributed by atoms with Crippen molar-refractivity contribution in [2.75, 3.05) is 12.4 Å². The van der Waals surface area contributed by atoms with Crippen LogP contribution in [0.5, 0.6) is 5.75 Å². The molecule has 5 nitrogen and oxygen atoms in total. The third kappa shape index (κ3) is 2.50. The van der Waals surface area contributed by atoms with Crippen molar-refractivity contribution in [2.24, 2.45) is 0 Å². The maximum absolute atomic E-state index is 11.4. The van der Waals surface area contributed by atoms with Gasteiger partial charge in [0, 0.05) is 5.02 Å². The molecule has 0 aromatic heterocycles. The maximum atomic E-state index is 11.4. The quantitative estimate of drug-likeness (QED) is 0.795. The molecule has 0 radical (unpaired) electrons. The summed E-state index contributed by atoms with van der Waals surface area (Å²) in [6.45, 7) is 0. The smallest absolute Gasteiger partial charge is 0.249 e. The van der Waals surface area contributed by atoms with Crippen LogP contribution in [0, 0.1) is 0 Å². The summed E-state index contributed by atoms with van der Waals surface area (Å²) in [5.74, 6) is -0.0490. The van der Waals surface area contributed by atoms with Gasteiger partial charge in [-0.15, -0.1) is 0 Å². The van der Waals surface area contributed by atoms with Gasteiger partial charge in [0.05, 0.1) is 19.2 Å². The zero-order chi connectivity index (χ0) is 12.4. The van der Waals surface area contributed by atoms with E-state index in [1.165, 1.54) is 7.11 Å². The Hall–Kier alpha value is -1.75. The predicted molar refractivity (Wildman–Crippen MR) is 63.2 cm³/mol. The van der Waals surface area contributed by atoms with E-state index in [9.17, 15) is 9.59 Å². The van der Waals surface area contributed by atoms with E-state index in [0.717, 1.165) is 0 Å². The van der Waals surface area contributed by atoms with Gasteiger partial charge in [0.25, 0.3) is 0 Å². The van der Waals surface area contributed by atoms with Gasteiger partial charge in [-0.1, -0.05) is 11.6 Å². The molecule has 1 aliphatic rings. The number of hydrogen-bond acceptors (Lipinski definition) is 4. The van der Waals surface area contributed by atoms with Gasteiger partial charge in [0.1, 0.15) is 11.8 Å². The highest BCUT2D eigenvalue weighted by Crippen LogP contribution is 2.29. The highest BCUT2D eigenvalue weighted by Gasteiger charge is 2.30. The number of anilines is 1. The van der Waals surface area contributed by atoms with Gasteiger partial charge in [-0.2, -0.15) is 0 Å².